The number of anilines is 3. The van der Waals surface area contributed by atoms with Crippen molar-refractivity contribution in [2.45, 2.75) is 67.2 Å². The third kappa shape index (κ3) is 20.7. The Hall–Kier alpha value is -8.84. The third-order valence-electron chi connectivity index (χ3n) is 11.9. The molecule has 0 saturated heterocycles. The fourth-order valence-corrected chi connectivity index (χ4v) is 7.50. The summed E-state index contributed by atoms with van der Waals surface area (Å²) < 4.78 is 26.1. The number of Topliss-reactive ketones (excluding diaryl/α,β-unsaturated/α-hetero) is 5. The zero-order valence-electron chi connectivity index (χ0n) is 45.0. The molecule has 11 nitrogen and oxygen atoms in total. The zero-order valence-corrected chi connectivity index (χ0v) is 45.0. The Morgan fingerprint density at radius 2 is 0.795 bits per heavy atom. The maximum atomic E-state index is 13.5. The van der Waals surface area contributed by atoms with E-state index in [0.29, 0.717) is 23.2 Å². The van der Waals surface area contributed by atoms with Crippen LogP contribution in [0, 0.1) is 41.2 Å². The SMILES string of the molecule is CC(C)C(=O)C(C(=O)Nc1ccccc1)C(C(=O)c1ccc(F)cc1)c1ccccc1.CC(C)C(=O)C(C)C(=O)Nc1ccccc1.CC(C)C(=O)CC(=O)Nc1ccccc1.O=C(Cc1ccccc1)c1ccc(F)cc1. The molecule has 3 atom stereocenters. The van der Waals surface area contributed by atoms with E-state index in [-0.39, 0.29) is 64.6 Å². The fourth-order valence-electron chi connectivity index (χ4n) is 7.50. The van der Waals surface area contributed by atoms with Crippen molar-refractivity contribution >= 4 is 63.7 Å². The van der Waals surface area contributed by atoms with Crippen LogP contribution >= 0.6 is 0 Å². The first-order valence-electron chi connectivity index (χ1n) is 25.6. The predicted octanol–water partition coefficient (Wildman–Crippen LogP) is 13.2. The van der Waals surface area contributed by atoms with Crippen LogP contribution in [0.2, 0.25) is 0 Å². The molecule has 0 bridgehead atoms. The van der Waals surface area contributed by atoms with Crippen molar-refractivity contribution in [3.63, 3.8) is 0 Å². The number of carbonyl (C=O) groups is 8. The molecule has 0 spiro atoms. The van der Waals surface area contributed by atoms with Gasteiger partial charge in [-0.3, -0.25) is 38.4 Å². The summed E-state index contributed by atoms with van der Waals surface area (Å²) in [4.78, 5) is 97.9. The molecular weight excluding hydrogens is 989 g/mol. The van der Waals surface area contributed by atoms with Crippen LogP contribution in [0.5, 0.6) is 0 Å². The molecule has 0 aliphatic heterocycles. The first-order chi connectivity index (χ1) is 37.2. The molecule has 0 saturated carbocycles. The quantitative estimate of drug-likeness (QED) is 0.0530. The van der Waals surface area contributed by atoms with Crippen LogP contribution in [-0.4, -0.2) is 46.6 Å². The molecule has 404 valence electrons. The van der Waals surface area contributed by atoms with Gasteiger partial charge in [0.2, 0.25) is 17.7 Å². The van der Waals surface area contributed by atoms with E-state index in [4.69, 9.17) is 0 Å². The Labute approximate surface area is 455 Å². The second-order valence-electron chi connectivity index (χ2n) is 19.1. The lowest BCUT2D eigenvalue weighted by molar-refractivity contribution is -0.134. The van der Waals surface area contributed by atoms with Gasteiger partial charge in [0, 0.05) is 52.4 Å². The predicted molar refractivity (Wildman–Crippen MR) is 303 cm³/mol. The molecule has 0 radical (unpaired) electrons. The summed E-state index contributed by atoms with van der Waals surface area (Å²) in [7, 11) is 0. The Balaban J connectivity index is 0.000000239. The van der Waals surface area contributed by atoms with Crippen molar-refractivity contribution in [3.05, 3.63) is 234 Å². The summed E-state index contributed by atoms with van der Waals surface area (Å²) in [6, 6.07) is 56.1. The Kier molecular flexibility index (Phi) is 25.2. The zero-order chi connectivity index (χ0) is 57.1. The molecular formula is C65H67F2N3O8. The standard InChI is InChI=1S/C26H24FNO3.C14H11FO.C13H17NO2.C12H15NO2/c1-17(2)24(29)23(26(31)28-21-11-7-4-8-12-21)22(18-9-5-3-6-10-18)25(30)19-13-15-20(27)16-14-19;15-13-8-6-12(7-9-13)14(16)10-11-4-2-1-3-5-11;1-9(2)12(15)10(3)13(16)14-11-7-5-4-6-8-11;1-9(2)11(14)8-12(15)13-10-6-4-3-5-7-10/h3-17,22-23H,1-2H3,(H,28,31);1-9H,10H2;4-10H,1-3H3,(H,14,16);3-7,9H,8H2,1-2H3,(H,13,15). The third-order valence-corrected chi connectivity index (χ3v) is 11.9. The van der Waals surface area contributed by atoms with Crippen molar-refractivity contribution in [2.24, 2.45) is 29.6 Å². The molecule has 3 amide bonds. The summed E-state index contributed by atoms with van der Waals surface area (Å²) in [6.45, 7) is 12.2. The first kappa shape index (κ1) is 61.7. The number of carbonyl (C=O) groups excluding carboxylic acids is 8. The maximum Gasteiger partial charge on any atom is 0.236 e. The van der Waals surface area contributed by atoms with E-state index in [0.717, 1.165) is 16.9 Å². The molecule has 7 rings (SSSR count). The molecule has 7 aromatic carbocycles. The number of amides is 3. The van der Waals surface area contributed by atoms with E-state index in [1.54, 1.807) is 127 Å². The van der Waals surface area contributed by atoms with Gasteiger partial charge in [0.25, 0.3) is 0 Å². The van der Waals surface area contributed by atoms with E-state index in [1.165, 1.54) is 48.5 Å². The first-order valence-corrected chi connectivity index (χ1v) is 25.6. The molecule has 0 fully saturated rings. The van der Waals surface area contributed by atoms with Crippen LogP contribution in [0.15, 0.2) is 200 Å². The molecule has 0 heterocycles. The number of rotatable bonds is 19. The van der Waals surface area contributed by atoms with E-state index < -0.39 is 41.2 Å². The van der Waals surface area contributed by atoms with Crippen LogP contribution in [0.1, 0.15) is 92.6 Å². The van der Waals surface area contributed by atoms with Crippen LogP contribution in [0.3, 0.4) is 0 Å². The van der Waals surface area contributed by atoms with Crippen LogP contribution in [0.4, 0.5) is 25.8 Å². The average molecular weight is 1060 g/mol. The second-order valence-corrected chi connectivity index (χ2v) is 19.1. The average Bonchev–Trinajstić information content (AvgIpc) is 3.44. The molecule has 3 unspecified atom stereocenters. The van der Waals surface area contributed by atoms with E-state index >= 15 is 0 Å². The van der Waals surface area contributed by atoms with Crippen molar-refractivity contribution in [1.82, 2.24) is 0 Å². The van der Waals surface area contributed by atoms with Gasteiger partial charge in [-0.15, -0.1) is 0 Å². The van der Waals surface area contributed by atoms with Crippen molar-refractivity contribution < 1.29 is 47.1 Å². The highest BCUT2D eigenvalue weighted by Crippen LogP contribution is 2.33. The van der Waals surface area contributed by atoms with Crippen LogP contribution in [-0.2, 0) is 35.2 Å². The molecule has 78 heavy (non-hydrogen) atoms. The summed E-state index contributed by atoms with van der Waals surface area (Å²) >= 11 is 0. The summed E-state index contributed by atoms with van der Waals surface area (Å²) in [5.74, 6) is -6.18. The number of hydrogen-bond donors (Lipinski definition) is 3. The largest absolute Gasteiger partial charge is 0.326 e. The van der Waals surface area contributed by atoms with Gasteiger partial charge in [0.15, 0.2) is 11.6 Å². The maximum absolute atomic E-state index is 13.5. The summed E-state index contributed by atoms with van der Waals surface area (Å²) in [5, 5.41) is 8.16. The smallest absolute Gasteiger partial charge is 0.236 e. The molecule has 0 aliphatic rings. The molecule has 3 N–H and O–H groups in total. The van der Waals surface area contributed by atoms with Gasteiger partial charge in [-0.1, -0.05) is 157 Å². The molecule has 0 aromatic heterocycles. The normalized spacial score (nSPS) is 11.6. The number of para-hydroxylation sites is 3. The minimum atomic E-state index is -1.24. The van der Waals surface area contributed by atoms with Gasteiger partial charge in [-0.05, 0) is 103 Å². The highest BCUT2D eigenvalue weighted by Gasteiger charge is 2.41. The second kappa shape index (κ2) is 31.9. The molecule has 13 heteroatoms. The minimum absolute atomic E-state index is 0.00574. The Morgan fingerprint density at radius 3 is 1.22 bits per heavy atom. The number of halogens is 2. The van der Waals surface area contributed by atoms with E-state index in [9.17, 15) is 47.1 Å². The van der Waals surface area contributed by atoms with E-state index in [2.05, 4.69) is 16.0 Å². The number of benzene rings is 7. The van der Waals surface area contributed by atoms with Crippen LogP contribution < -0.4 is 16.0 Å². The fraction of sp³-hybridized carbons (Fsp3) is 0.231. The highest BCUT2D eigenvalue weighted by atomic mass is 19.1. The monoisotopic (exact) mass is 1060 g/mol. The molecule has 7 aromatic rings. The number of nitrogens with one attached hydrogen (secondary N) is 3. The topological polar surface area (TPSA) is 173 Å². The molecule has 0 aliphatic carbocycles. The van der Waals surface area contributed by atoms with Crippen molar-refractivity contribution in [3.8, 4) is 0 Å². The van der Waals surface area contributed by atoms with Gasteiger partial charge >= 0.3 is 0 Å². The van der Waals surface area contributed by atoms with Crippen molar-refractivity contribution in [2.75, 3.05) is 16.0 Å². The van der Waals surface area contributed by atoms with Crippen LogP contribution in [0.25, 0.3) is 0 Å². The van der Waals surface area contributed by atoms with Crippen molar-refractivity contribution in [1.29, 1.82) is 0 Å². The highest BCUT2D eigenvalue weighted by molar-refractivity contribution is 6.15. The minimum Gasteiger partial charge on any atom is -0.326 e. The lowest BCUT2D eigenvalue weighted by Crippen LogP contribution is -2.40. The summed E-state index contributed by atoms with van der Waals surface area (Å²) in [5.41, 5.74) is 4.29. The number of hydrogen-bond acceptors (Lipinski definition) is 8. The van der Waals surface area contributed by atoms with Gasteiger partial charge in [-0.25, -0.2) is 8.78 Å². The lowest BCUT2D eigenvalue weighted by atomic mass is 9.75. The Morgan fingerprint density at radius 1 is 0.410 bits per heavy atom. The number of ketones is 5. The van der Waals surface area contributed by atoms with Gasteiger partial charge < -0.3 is 16.0 Å². The van der Waals surface area contributed by atoms with E-state index in [1.807, 2.05) is 72.8 Å². The Bertz CT molecular complexity index is 3030. The van der Waals surface area contributed by atoms with Gasteiger partial charge in [-0.2, -0.15) is 0 Å². The lowest BCUT2D eigenvalue weighted by Gasteiger charge is -2.26. The van der Waals surface area contributed by atoms with Gasteiger partial charge in [0.1, 0.15) is 34.9 Å². The summed E-state index contributed by atoms with van der Waals surface area (Å²) in [6.07, 6.45) is 0.305. The van der Waals surface area contributed by atoms with Gasteiger partial charge in [0.05, 0.1) is 18.3 Å².